The lowest BCUT2D eigenvalue weighted by molar-refractivity contribution is -0.120. The summed E-state index contributed by atoms with van der Waals surface area (Å²) in [5.74, 6) is 2.25. The number of carbonyl (C=O) groups excluding carboxylic acids is 1. The number of hydrogen-bond acceptors (Lipinski definition) is 8. The van der Waals surface area contributed by atoms with E-state index < -0.39 is 6.23 Å². The van der Waals surface area contributed by atoms with Crippen LogP contribution >= 0.6 is 27.7 Å². The van der Waals surface area contributed by atoms with Crippen molar-refractivity contribution in [1.82, 2.24) is 15.2 Å². The van der Waals surface area contributed by atoms with E-state index in [1.165, 1.54) is 11.8 Å². The van der Waals surface area contributed by atoms with Crippen LogP contribution in [0.15, 0.2) is 46.0 Å². The Labute approximate surface area is 197 Å². The number of carbonyl (C=O) groups is 1. The SMILES string of the molecule is CCSc1nnc2c(n1)O[C@H](c1cc3c(cc1Br)OCO3)N(C(=O)CC)c1ccccc1-2. The average Bonchev–Trinajstić information content (AvgIpc) is 3.20. The summed E-state index contributed by atoms with van der Waals surface area (Å²) in [6, 6.07) is 11.2. The first-order valence-electron chi connectivity index (χ1n) is 10.1. The highest BCUT2D eigenvalue weighted by Crippen LogP contribution is 2.47. The number of fused-ring (bicyclic) bond motifs is 4. The van der Waals surface area contributed by atoms with Crippen LogP contribution in [0.4, 0.5) is 5.69 Å². The molecule has 0 spiro atoms. The monoisotopic (exact) mass is 514 g/mol. The second-order valence-electron chi connectivity index (χ2n) is 7.01. The highest BCUT2D eigenvalue weighted by molar-refractivity contribution is 9.10. The third-order valence-electron chi connectivity index (χ3n) is 5.11. The van der Waals surface area contributed by atoms with E-state index in [9.17, 15) is 4.79 Å². The molecule has 0 radical (unpaired) electrons. The number of anilines is 1. The summed E-state index contributed by atoms with van der Waals surface area (Å²) in [5.41, 5.74) is 2.62. The molecule has 0 unspecified atom stereocenters. The molecule has 10 heteroatoms. The molecule has 8 nitrogen and oxygen atoms in total. The van der Waals surface area contributed by atoms with Gasteiger partial charge in [0.25, 0.3) is 0 Å². The third kappa shape index (κ3) is 3.57. The Bertz CT molecular complexity index is 1210. The van der Waals surface area contributed by atoms with Gasteiger partial charge in [0.1, 0.15) is 0 Å². The molecular formula is C22H19BrN4O4S. The van der Waals surface area contributed by atoms with E-state index in [1.807, 2.05) is 50.2 Å². The molecule has 0 saturated carbocycles. The number of halogens is 1. The number of amides is 1. The lowest BCUT2D eigenvalue weighted by atomic mass is 10.1. The number of nitrogens with zero attached hydrogens (tertiary/aromatic N) is 4. The highest BCUT2D eigenvalue weighted by Gasteiger charge is 2.37. The van der Waals surface area contributed by atoms with E-state index in [-0.39, 0.29) is 12.7 Å². The van der Waals surface area contributed by atoms with Gasteiger partial charge in [-0.25, -0.2) is 0 Å². The van der Waals surface area contributed by atoms with Gasteiger partial charge in [-0.05, 0) is 24.0 Å². The summed E-state index contributed by atoms with van der Waals surface area (Å²) in [6.07, 6.45) is -0.507. The minimum absolute atomic E-state index is 0.101. The number of hydrogen-bond donors (Lipinski definition) is 0. The van der Waals surface area contributed by atoms with Crippen LogP contribution in [0.1, 0.15) is 32.1 Å². The molecule has 164 valence electrons. The van der Waals surface area contributed by atoms with Gasteiger partial charge in [-0.1, -0.05) is 59.7 Å². The van der Waals surface area contributed by atoms with Gasteiger partial charge in [0.05, 0.1) is 5.69 Å². The second-order valence-corrected chi connectivity index (χ2v) is 9.10. The molecule has 2 aliphatic rings. The molecule has 0 saturated heterocycles. The number of benzene rings is 2. The lowest BCUT2D eigenvalue weighted by Crippen LogP contribution is -2.37. The molecule has 3 heterocycles. The number of thioether (sulfide) groups is 1. The molecule has 0 aliphatic carbocycles. The molecule has 2 aliphatic heterocycles. The summed E-state index contributed by atoms with van der Waals surface area (Å²) in [6.45, 7) is 3.99. The first-order chi connectivity index (χ1) is 15.6. The molecule has 0 fully saturated rings. The highest BCUT2D eigenvalue weighted by atomic mass is 79.9. The fourth-order valence-corrected chi connectivity index (χ4v) is 4.69. The Balaban J connectivity index is 1.74. The molecule has 3 aromatic rings. The van der Waals surface area contributed by atoms with Gasteiger partial charge in [0.2, 0.25) is 30.0 Å². The second kappa shape index (κ2) is 8.59. The van der Waals surface area contributed by atoms with E-state index in [1.54, 1.807) is 4.90 Å². The minimum atomic E-state index is -0.801. The van der Waals surface area contributed by atoms with Crippen molar-refractivity contribution in [2.24, 2.45) is 0 Å². The summed E-state index contributed by atoms with van der Waals surface area (Å²) in [4.78, 5) is 19.5. The topological polar surface area (TPSA) is 86.7 Å². The Morgan fingerprint density at radius 1 is 1.19 bits per heavy atom. The molecule has 0 bridgehead atoms. The van der Waals surface area contributed by atoms with Crippen LogP contribution in [0.25, 0.3) is 11.3 Å². The summed E-state index contributed by atoms with van der Waals surface area (Å²) >= 11 is 5.10. The zero-order valence-corrected chi connectivity index (χ0v) is 19.8. The fourth-order valence-electron chi connectivity index (χ4n) is 3.67. The standard InChI is InChI=1S/C22H19BrN4O4S/c1-3-18(28)27-15-8-6-5-7-12(15)19-20(24-22(26-25-19)32-4-2)31-21(27)13-9-16-17(10-14(13)23)30-11-29-16/h5-10,21H,3-4,11H2,1-2H3/t21-/m1/s1. The molecule has 0 N–H and O–H groups in total. The number of para-hydroxylation sites is 1. The van der Waals surface area contributed by atoms with Gasteiger partial charge in [-0.15, -0.1) is 10.2 Å². The predicted molar refractivity (Wildman–Crippen MR) is 123 cm³/mol. The number of rotatable bonds is 4. The van der Waals surface area contributed by atoms with Gasteiger partial charge in [-0.2, -0.15) is 4.98 Å². The summed E-state index contributed by atoms with van der Waals surface area (Å²) in [7, 11) is 0. The van der Waals surface area contributed by atoms with Crippen molar-refractivity contribution in [3.05, 3.63) is 46.4 Å². The lowest BCUT2D eigenvalue weighted by Gasteiger charge is -2.31. The van der Waals surface area contributed by atoms with E-state index in [0.29, 0.717) is 45.9 Å². The van der Waals surface area contributed by atoms with Gasteiger partial charge >= 0.3 is 0 Å². The van der Waals surface area contributed by atoms with Gasteiger partial charge in [-0.3, -0.25) is 9.69 Å². The van der Waals surface area contributed by atoms with Crippen LogP contribution in [0.3, 0.4) is 0 Å². The average molecular weight is 515 g/mol. The van der Waals surface area contributed by atoms with Crippen molar-refractivity contribution in [2.45, 2.75) is 31.7 Å². The van der Waals surface area contributed by atoms with E-state index in [4.69, 9.17) is 14.2 Å². The molecule has 1 aromatic heterocycles. The maximum Gasteiger partial charge on any atom is 0.247 e. The van der Waals surface area contributed by atoms with Gasteiger partial charge in [0, 0.05) is 22.0 Å². The number of aromatic nitrogens is 3. The van der Waals surface area contributed by atoms with Crippen molar-refractivity contribution < 1.29 is 19.0 Å². The maximum atomic E-state index is 13.2. The van der Waals surface area contributed by atoms with Gasteiger partial charge < -0.3 is 14.2 Å². The van der Waals surface area contributed by atoms with Crippen molar-refractivity contribution >= 4 is 39.3 Å². The van der Waals surface area contributed by atoms with Crippen LogP contribution < -0.4 is 19.1 Å². The normalized spacial score (nSPS) is 16.1. The van der Waals surface area contributed by atoms with Crippen LogP contribution in [-0.4, -0.2) is 33.6 Å². The van der Waals surface area contributed by atoms with Crippen LogP contribution in [-0.2, 0) is 4.79 Å². The zero-order chi connectivity index (χ0) is 22.2. The number of ether oxygens (including phenoxy) is 3. The first kappa shape index (κ1) is 21.0. The van der Waals surface area contributed by atoms with Crippen molar-refractivity contribution in [3.8, 4) is 28.6 Å². The van der Waals surface area contributed by atoms with E-state index >= 15 is 0 Å². The van der Waals surface area contributed by atoms with Crippen molar-refractivity contribution in [3.63, 3.8) is 0 Å². The fraction of sp³-hybridized carbons (Fsp3) is 0.273. The summed E-state index contributed by atoms with van der Waals surface area (Å²) in [5, 5.41) is 9.18. The Morgan fingerprint density at radius 2 is 1.97 bits per heavy atom. The van der Waals surface area contributed by atoms with Gasteiger partial charge in [0.15, 0.2) is 17.2 Å². The quantitative estimate of drug-likeness (QED) is 0.450. The van der Waals surface area contributed by atoms with Crippen molar-refractivity contribution in [2.75, 3.05) is 17.4 Å². The minimum Gasteiger partial charge on any atom is -0.454 e. The van der Waals surface area contributed by atoms with Crippen LogP contribution in [0.2, 0.25) is 0 Å². The Kier molecular flexibility index (Phi) is 5.64. The Hall–Kier alpha value is -2.85. The van der Waals surface area contributed by atoms with E-state index in [2.05, 4.69) is 31.1 Å². The third-order valence-corrected chi connectivity index (χ3v) is 6.52. The Morgan fingerprint density at radius 3 is 2.75 bits per heavy atom. The van der Waals surface area contributed by atoms with Crippen LogP contribution in [0.5, 0.6) is 17.4 Å². The molecule has 1 atom stereocenters. The smallest absolute Gasteiger partial charge is 0.247 e. The largest absolute Gasteiger partial charge is 0.454 e. The summed E-state index contributed by atoms with van der Waals surface area (Å²) < 4.78 is 18.2. The molecular weight excluding hydrogens is 496 g/mol. The first-order valence-corrected chi connectivity index (χ1v) is 11.9. The molecule has 1 amide bonds. The molecule has 2 aromatic carbocycles. The van der Waals surface area contributed by atoms with Crippen LogP contribution in [0, 0.1) is 0 Å². The van der Waals surface area contributed by atoms with Crippen molar-refractivity contribution in [1.29, 1.82) is 0 Å². The molecule has 32 heavy (non-hydrogen) atoms. The maximum absolute atomic E-state index is 13.2. The molecule has 5 rings (SSSR count). The van der Waals surface area contributed by atoms with E-state index in [0.717, 1.165) is 15.8 Å². The predicted octanol–water partition coefficient (Wildman–Crippen LogP) is 4.98. The zero-order valence-electron chi connectivity index (χ0n) is 17.4.